The summed E-state index contributed by atoms with van der Waals surface area (Å²) in [5, 5.41) is 34.1. The average Bonchev–Trinajstić information content (AvgIpc) is 3.18. The van der Waals surface area contributed by atoms with E-state index in [0.717, 1.165) is 5.57 Å². The highest BCUT2D eigenvalue weighted by Crippen LogP contribution is 2.39. The molecular weight excluding hydrogens is 734 g/mol. The van der Waals surface area contributed by atoms with Gasteiger partial charge in [-0.05, 0) is 95.5 Å². The van der Waals surface area contributed by atoms with E-state index in [9.17, 15) is 34.5 Å². The predicted molar refractivity (Wildman–Crippen MR) is 213 cm³/mol. The number of methoxy groups -OCH3 is 3. The average molecular weight is 804 g/mol. The Kier molecular flexibility index (Phi) is 17.2. The molecule has 3 N–H and O–H groups in total. The molecule has 322 valence electrons. The Labute approximate surface area is 339 Å². The minimum Gasteiger partial charge on any atom is -0.456 e. The fraction of sp³-hybridized carbons (Fsp3) is 0.773. The van der Waals surface area contributed by atoms with E-state index in [-0.39, 0.29) is 49.5 Å². The van der Waals surface area contributed by atoms with E-state index >= 15 is 0 Å². The van der Waals surface area contributed by atoms with Gasteiger partial charge in [0.25, 0.3) is 11.7 Å². The zero-order valence-corrected chi connectivity index (χ0v) is 35.4. The monoisotopic (exact) mass is 803 g/mol. The normalized spacial score (nSPS) is 40.1. The highest BCUT2D eigenvalue weighted by molar-refractivity contribution is 6.39. The van der Waals surface area contributed by atoms with Crippen molar-refractivity contribution in [2.75, 3.05) is 27.9 Å². The van der Waals surface area contributed by atoms with Crippen molar-refractivity contribution < 1.29 is 58.2 Å². The molecule has 3 heterocycles. The van der Waals surface area contributed by atoms with Crippen LogP contribution in [0.3, 0.4) is 0 Å². The van der Waals surface area contributed by atoms with Crippen LogP contribution >= 0.6 is 0 Å². The molecule has 2 saturated heterocycles. The highest BCUT2D eigenvalue weighted by Gasteiger charge is 2.56. The quantitative estimate of drug-likeness (QED) is 0.185. The van der Waals surface area contributed by atoms with Gasteiger partial charge in [-0.15, -0.1) is 6.58 Å². The van der Waals surface area contributed by atoms with E-state index in [1.54, 1.807) is 27.0 Å². The molecule has 0 spiro atoms. The van der Waals surface area contributed by atoms with E-state index in [4.69, 9.17) is 23.7 Å². The van der Waals surface area contributed by atoms with Gasteiger partial charge >= 0.3 is 5.97 Å². The first kappa shape index (κ1) is 46.9. The molecular formula is C44H69NO12. The second-order valence-corrected chi connectivity index (χ2v) is 17.3. The van der Waals surface area contributed by atoms with Crippen LogP contribution in [0, 0.1) is 29.6 Å². The number of fused-ring (bicyclic) bond motifs is 3. The summed E-state index contributed by atoms with van der Waals surface area (Å²) < 4.78 is 29.7. The maximum atomic E-state index is 14.3. The number of rotatable bonds is 7. The number of esters is 1. The van der Waals surface area contributed by atoms with Crippen molar-refractivity contribution in [3.8, 4) is 0 Å². The number of aliphatic hydroxyl groups is 3. The lowest BCUT2D eigenvalue weighted by molar-refractivity contribution is -0.302. The number of carbonyl (C=O) groups is 4. The molecule has 0 radical (unpaired) electrons. The third-order valence-corrected chi connectivity index (χ3v) is 12.9. The van der Waals surface area contributed by atoms with Crippen LogP contribution in [0.25, 0.3) is 0 Å². The second-order valence-electron chi connectivity index (χ2n) is 17.3. The Hall–Kier alpha value is -2.78. The molecule has 57 heavy (non-hydrogen) atoms. The maximum absolute atomic E-state index is 14.3. The summed E-state index contributed by atoms with van der Waals surface area (Å²) in [6.07, 6.45) is 4.93. The lowest BCUT2D eigenvalue weighted by atomic mass is 9.81. The predicted octanol–water partition coefficient (Wildman–Crippen LogP) is 4.64. The lowest BCUT2D eigenvalue weighted by Crippen LogP contribution is -2.64. The van der Waals surface area contributed by atoms with Gasteiger partial charge in [-0.3, -0.25) is 14.4 Å². The summed E-state index contributed by atoms with van der Waals surface area (Å²) in [4.78, 5) is 57.8. The number of hydrogen-bond donors (Lipinski definition) is 3. The van der Waals surface area contributed by atoms with E-state index in [1.165, 1.54) is 19.1 Å². The van der Waals surface area contributed by atoms with Gasteiger partial charge in [0.2, 0.25) is 5.79 Å². The lowest BCUT2D eigenvalue weighted by Gasteiger charge is -2.47. The molecule has 13 heteroatoms. The SMILES string of the molecule is C=CCC1C=C(C)C[C@H](C)C[C@H](OC)[C@H]2O[C@@](O)(C(=O)C(=O)N3CCCC[C@H]3C(=O)O[C@H](C(C)=C[C@@H]3CC[C@@H](O)[C@H](OC)C3)[C@H](C)[C@@H](O)CC1=O)[C@H](C)C[C@@H]2OC. The number of piperidine rings is 1. The zero-order chi connectivity index (χ0) is 42.2. The highest BCUT2D eigenvalue weighted by atomic mass is 16.7. The van der Waals surface area contributed by atoms with Crippen LogP contribution in [0.5, 0.6) is 0 Å². The Morgan fingerprint density at radius 2 is 1.60 bits per heavy atom. The third kappa shape index (κ3) is 11.3. The molecule has 1 unspecified atom stereocenters. The molecule has 3 aliphatic heterocycles. The minimum absolute atomic E-state index is 0.00988. The van der Waals surface area contributed by atoms with Crippen molar-refractivity contribution in [2.24, 2.45) is 29.6 Å². The minimum atomic E-state index is -2.51. The number of Topliss-reactive ketones (excluding diaryl/α,β-unsaturated/α-hetero) is 2. The van der Waals surface area contributed by atoms with Gasteiger partial charge in [-0.25, -0.2) is 4.79 Å². The first-order valence-corrected chi connectivity index (χ1v) is 20.9. The van der Waals surface area contributed by atoms with Gasteiger partial charge in [0.15, 0.2) is 0 Å². The fourth-order valence-corrected chi connectivity index (χ4v) is 9.42. The number of cyclic esters (lactones) is 1. The molecule has 14 atom stereocenters. The molecule has 1 saturated carbocycles. The van der Waals surface area contributed by atoms with Crippen LogP contribution in [-0.4, -0.2) is 126 Å². The Morgan fingerprint density at radius 3 is 2.25 bits per heavy atom. The van der Waals surface area contributed by atoms with Crippen LogP contribution in [0.2, 0.25) is 0 Å². The molecule has 3 fully saturated rings. The van der Waals surface area contributed by atoms with Gasteiger partial charge in [-0.2, -0.15) is 0 Å². The Balaban J connectivity index is 1.78. The molecule has 4 aliphatic rings. The first-order chi connectivity index (χ1) is 27.0. The molecule has 0 aromatic heterocycles. The van der Waals surface area contributed by atoms with Gasteiger partial charge in [0, 0.05) is 52.0 Å². The largest absolute Gasteiger partial charge is 0.456 e. The number of ether oxygens (including phenoxy) is 5. The topological polar surface area (TPSA) is 178 Å². The summed E-state index contributed by atoms with van der Waals surface area (Å²) in [6.45, 7) is 13.1. The van der Waals surface area contributed by atoms with Crippen molar-refractivity contribution in [1.82, 2.24) is 4.90 Å². The van der Waals surface area contributed by atoms with Crippen LogP contribution in [0.15, 0.2) is 36.0 Å². The fourth-order valence-electron chi connectivity index (χ4n) is 9.42. The van der Waals surface area contributed by atoms with Gasteiger partial charge in [-0.1, -0.05) is 44.6 Å². The smallest absolute Gasteiger partial charge is 0.329 e. The van der Waals surface area contributed by atoms with Gasteiger partial charge in [0.1, 0.15) is 24.0 Å². The van der Waals surface area contributed by atoms with Crippen molar-refractivity contribution in [3.63, 3.8) is 0 Å². The first-order valence-electron chi connectivity index (χ1n) is 20.9. The van der Waals surface area contributed by atoms with Crippen LogP contribution in [0.1, 0.15) is 105 Å². The van der Waals surface area contributed by atoms with E-state index in [2.05, 4.69) is 6.58 Å². The third-order valence-electron chi connectivity index (χ3n) is 12.9. The summed E-state index contributed by atoms with van der Waals surface area (Å²) in [7, 11) is 4.61. The molecule has 4 rings (SSSR count). The Bertz CT molecular complexity index is 1480. The van der Waals surface area contributed by atoms with Gasteiger partial charge < -0.3 is 43.9 Å². The molecule has 0 aromatic rings. The summed E-state index contributed by atoms with van der Waals surface area (Å²) in [5.41, 5.74) is 1.61. The summed E-state index contributed by atoms with van der Waals surface area (Å²) in [5.74, 6) is -7.76. The number of amides is 1. The van der Waals surface area contributed by atoms with E-state index in [1.807, 2.05) is 32.9 Å². The standard InChI is InChI=1S/C44H69NO12/c1-10-13-31-19-25(2)18-26(3)20-37(54-8)40-38(55-9)22-28(5)44(52,57-40)41(49)42(50)45-17-12-11-14-32(45)43(51)56-39(29(6)34(47)24-35(31)48)27(4)21-30-15-16-33(46)36(23-30)53-7/h10,19,21,26,28-34,36-40,46-47,52H,1,11-18,20,22-24H2,2-9H3/t26-,28+,29+,30-,31?,32-,33+,34-,36+,37-,38-,39+,40+,44+/m0/s1. The maximum Gasteiger partial charge on any atom is 0.329 e. The summed E-state index contributed by atoms with van der Waals surface area (Å²) >= 11 is 0. The molecule has 1 aliphatic carbocycles. The Morgan fingerprint density at radius 1 is 0.930 bits per heavy atom. The number of ketones is 2. The number of aliphatic hydroxyl groups excluding tert-OH is 2. The van der Waals surface area contributed by atoms with Crippen molar-refractivity contribution in [3.05, 3.63) is 36.0 Å². The van der Waals surface area contributed by atoms with Crippen LogP contribution in [-0.2, 0) is 42.9 Å². The van der Waals surface area contributed by atoms with Crippen molar-refractivity contribution >= 4 is 23.4 Å². The number of hydrogen-bond acceptors (Lipinski definition) is 12. The van der Waals surface area contributed by atoms with E-state index < -0.39 is 83.9 Å². The van der Waals surface area contributed by atoms with E-state index in [0.29, 0.717) is 56.9 Å². The summed E-state index contributed by atoms with van der Waals surface area (Å²) in [6, 6.07) is -1.14. The van der Waals surface area contributed by atoms with Crippen LogP contribution < -0.4 is 0 Å². The molecule has 2 bridgehead atoms. The number of allylic oxidation sites excluding steroid dienone is 4. The molecule has 1 amide bonds. The number of carbonyl (C=O) groups excluding carboxylic acids is 4. The molecule has 13 nitrogen and oxygen atoms in total. The van der Waals surface area contributed by atoms with Gasteiger partial charge in [0.05, 0.1) is 30.5 Å². The molecule has 0 aromatic carbocycles. The van der Waals surface area contributed by atoms with Crippen molar-refractivity contribution in [1.29, 1.82) is 0 Å². The van der Waals surface area contributed by atoms with Crippen LogP contribution in [0.4, 0.5) is 0 Å². The second kappa shape index (κ2) is 21.0. The van der Waals surface area contributed by atoms with Crippen molar-refractivity contribution in [2.45, 2.75) is 160 Å². The number of nitrogens with zero attached hydrogens (tertiary/aromatic N) is 1. The zero-order valence-electron chi connectivity index (χ0n) is 35.4.